The van der Waals surface area contributed by atoms with Crippen LogP contribution in [0.3, 0.4) is 0 Å². The van der Waals surface area contributed by atoms with Crippen LogP contribution in [0.4, 0.5) is 0 Å². The van der Waals surface area contributed by atoms with E-state index in [9.17, 15) is 4.79 Å². The van der Waals surface area contributed by atoms with Crippen LogP contribution in [0.2, 0.25) is 0 Å². The Bertz CT molecular complexity index is 392. The Morgan fingerprint density at radius 2 is 1.82 bits per heavy atom. The van der Waals surface area contributed by atoms with Gasteiger partial charge in [0.05, 0.1) is 6.42 Å². The fraction of sp³-hybridized carbons (Fsp3) is 0.500. The first-order valence-electron chi connectivity index (χ1n) is 6.35. The van der Waals surface area contributed by atoms with E-state index >= 15 is 0 Å². The molecule has 90 valence electrons. The number of nitrogens with one attached hydrogen (secondary N) is 1. The first-order chi connectivity index (χ1) is 8.33. The summed E-state index contributed by atoms with van der Waals surface area (Å²) in [4.78, 5) is 14.2. The van der Waals surface area contributed by atoms with Gasteiger partial charge in [0.15, 0.2) is 0 Å². The third-order valence-corrected chi connectivity index (χ3v) is 3.94. The van der Waals surface area contributed by atoms with Crippen molar-refractivity contribution in [3.63, 3.8) is 0 Å². The predicted octanol–water partition coefficient (Wildman–Crippen LogP) is 0.907. The van der Waals surface area contributed by atoms with Gasteiger partial charge in [0.2, 0.25) is 5.91 Å². The maximum atomic E-state index is 12.2. The molecular formula is C14H18N2O. The van der Waals surface area contributed by atoms with Gasteiger partial charge in [-0.05, 0) is 17.4 Å². The van der Waals surface area contributed by atoms with E-state index in [0.29, 0.717) is 18.3 Å². The summed E-state index contributed by atoms with van der Waals surface area (Å²) < 4.78 is 0. The molecule has 2 fully saturated rings. The van der Waals surface area contributed by atoms with Gasteiger partial charge in [0.25, 0.3) is 0 Å². The predicted molar refractivity (Wildman–Crippen MR) is 66.6 cm³/mol. The van der Waals surface area contributed by atoms with Crippen LogP contribution < -0.4 is 5.32 Å². The van der Waals surface area contributed by atoms with Crippen molar-refractivity contribution in [2.75, 3.05) is 26.2 Å². The van der Waals surface area contributed by atoms with Crippen molar-refractivity contribution >= 4 is 5.91 Å². The molecule has 17 heavy (non-hydrogen) atoms. The lowest BCUT2D eigenvalue weighted by Crippen LogP contribution is -2.32. The molecule has 0 saturated carbocycles. The molecule has 0 aromatic heterocycles. The van der Waals surface area contributed by atoms with E-state index in [1.54, 1.807) is 0 Å². The maximum Gasteiger partial charge on any atom is 0.227 e. The van der Waals surface area contributed by atoms with E-state index in [1.807, 2.05) is 35.2 Å². The molecule has 2 aliphatic rings. The van der Waals surface area contributed by atoms with Gasteiger partial charge in [-0.1, -0.05) is 30.3 Å². The van der Waals surface area contributed by atoms with Gasteiger partial charge in [-0.15, -0.1) is 0 Å². The topological polar surface area (TPSA) is 32.3 Å². The first-order valence-corrected chi connectivity index (χ1v) is 6.35. The first kappa shape index (κ1) is 10.8. The molecule has 1 aromatic carbocycles. The van der Waals surface area contributed by atoms with Crippen LogP contribution in [-0.4, -0.2) is 37.0 Å². The normalized spacial score (nSPS) is 27.2. The highest BCUT2D eigenvalue weighted by Gasteiger charge is 2.37. The molecule has 2 heterocycles. The number of likely N-dealkylation sites (tertiary alicyclic amines) is 1. The van der Waals surface area contributed by atoms with Crippen molar-refractivity contribution in [2.45, 2.75) is 6.42 Å². The fourth-order valence-corrected chi connectivity index (χ4v) is 2.94. The summed E-state index contributed by atoms with van der Waals surface area (Å²) in [5.41, 5.74) is 1.12. The Hall–Kier alpha value is -1.35. The monoisotopic (exact) mass is 230 g/mol. The summed E-state index contributed by atoms with van der Waals surface area (Å²) in [7, 11) is 0. The van der Waals surface area contributed by atoms with Gasteiger partial charge in [-0.25, -0.2) is 0 Å². The highest BCUT2D eigenvalue weighted by atomic mass is 16.2. The average Bonchev–Trinajstić information content (AvgIpc) is 2.90. The van der Waals surface area contributed by atoms with Crippen molar-refractivity contribution in [1.29, 1.82) is 0 Å². The molecule has 0 bridgehead atoms. The molecule has 0 aliphatic carbocycles. The van der Waals surface area contributed by atoms with Gasteiger partial charge in [-0.2, -0.15) is 0 Å². The van der Waals surface area contributed by atoms with E-state index in [4.69, 9.17) is 0 Å². The molecule has 3 rings (SSSR count). The van der Waals surface area contributed by atoms with Crippen molar-refractivity contribution in [2.24, 2.45) is 11.8 Å². The van der Waals surface area contributed by atoms with Crippen molar-refractivity contribution in [1.82, 2.24) is 10.2 Å². The molecule has 1 N–H and O–H groups in total. The molecule has 2 aliphatic heterocycles. The zero-order chi connectivity index (χ0) is 11.7. The fourth-order valence-electron chi connectivity index (χ4n) is 2.94. The quantitative estimate of drug-likeness (QED) is 0.819. The number of carbonyl (C=O) groups is 1. The molecule has 0 spiro atoms. The van der Waals surface area contributed by atoms with Crippen molar-refractivity contribution in [3.8, 4) is 0 Å². The van der Waals surface area contributed by atoms with Crippen LogP contribution in [0.15, 0.2) is 30.3 Å². The standard InChI is InChI=1S/C14H18N2O/c17-14(6-11-4-2-1-3-5-11)16-9-12-7-15-8-13(12)10-16/h1-5,12-13,15H,6-10H2. The lowest BCUT2D eigenvalue weighted by atomic mass is 10.0. The van der Waals surface area contributed by atoms with Crippen molar-refractivity contribution in [3.05, 3.63) is 35.9 Å². The highest BCUT2D eigenvalue weighted by molar-refractivity contribution is 5.79. The molecular weight excluding hydrogens is 212 g/mol. The number of amides is 1. The van der Waals surface area contributed by atoms with Crippen molar-refractivity contribution < 1.29 is 4.79 Å². The number of hydrogen-bond donors (Lipinski definition) is 1. The largest absolute Gasteiger partial charge is 0.342 e. The zero-order valence-electron chi connectivity index (χ0n) is 9.93. The third-order valence-electron chi connectivity index (χ3n) is 3.94. The third kappa shape index (κ3) is 2.20. The average molecular weight is 230 g/mol. The smallest absolute Gasteiger partial charge is 0.227 e. The maximum absolute atomic E-state index is 12.2. The lowest BCUT2D eigenvalue weighted by Gasteiger charge is -2.17. The molecule has 2 atom stereocenters. The van der Waals surface area contributed by atoms with Crippen LogP contribution in [0.5, 0.6) is 0 Å². The number of carbonyl (C=O) groups excluding carboxylic acids is 1. The molecule has 3 heteroatoms. The molecule has 1 amide bonds. The van der Waals surface area contributed by atoms with Gasteiger partial charge in [-0.3, -0.25) is 4.79 Å². The number of benzene rings is 1. The van der Waals surface area contributed by atoms with Gasteiger partial charge >= 0.3 is 0 Å². The van der Waals surface area contributed by atoms with Gasteiger partial charge < -0.3 is 10.2 Å². The highest BCUT2D eigenvalue weighted by Crippen LogP contribution is 2.26. The van der Waals surface area contributed by atoms with E-state index in [1.165, 1.54) is 0 Å². The number of fused-ring (bicyclic) bond motifs is 1. The molecule has 2 unspecified atom stereocenters. The Balaban J connectivity index is 1.61. The second-order valence-corrected chi connectivity index (χ2v) is 5.14. The van der Waals surface area contributed by atoms with E-state index in [2.05, 4.69) is 5.32 Å². The second-order valence-electron chi connectivity index (χ2n) is 5.14. The zero-order valence-corrected chi connectivity index (χ0v) is 9.93. The lowest BCUT2D eigenvalue weighted by molar-refractivity contribution is -0.129. The number of nitrogens with zero attached hydrogens (tertiary/aromatic N) is 1. The summed E-state index contributed by atoms with van der Waals surface area (Å²) >= 11 is 0. The molecule has 0 radical (unpaired) electrons. The number of hydrogen-bond acceptors (Lipinski definition) is 2. The van der Waals surface area contributed by atoms with Gasteiger partial charge in [0.1, 0.15) is 0 Å². The van der Waals surface area contributed by atoms with Crippen LogP contribution in [0, 0.1) is 11.8 Å². The summed E-state index contributed by atoms with van der Waals surface area (Å²) in [5.74, 6) is 1.66. The van der Waals surface area contributed by atoms with E-state index < -0.39 is 0 Å². The Morgan fingerprint density at radius 3 is 2.47 bits per heavy atom. The Kier molecular flexibility index (Phi) is 2.85. The van der Waals surface area contributed by atoms with Crippen LogP contribution in [0.1, 0.15) is 5.56 Å². The Labute approximate surface area is 102 Å². The summed E-state index contributed by atoms with van der Waals surface area (Å²) in [5, 5.41) is 3.40. The molecule has 2 saturated heterocycles. The number of rotatable bonds is 2. The molecule has 3 nitrogen and oxygen atoms in total. The minimum Gasteiger partial charge on any atom is -0.342 e. The van der Waals surface area contributed by atoms with E-state index in [-0.39, 0.29) is 5.91 Å². The summed E-state index contributed by atoms with van der Waals surface area (Å²) in [6, 6.07) is 10.0. The summed E-state index contributed by atoms with van der Waals surface area (Å²) in [6.07, 6.45) is 0.549. The second kappa shape index (κ2) is 4.49. The molecule has 1 aromatic rings. The minimum absolute atomic E-state index is 0.283. The summed E-state index contributed by atoms with van der Waals surface area (Å²) in [6.45, 7) is 4.06. The minimum atomic E-state index is 0.283. The van der Waals surface area contributed by atoms with Crippen LogP contribution in [0.25, 0.3) is 0 Å². The van der Waals surface area contributed by atoms with Gasteiger partial charge in [0, 0.05) is 26.2 Å². The van der Waals surface area contributed by atoms with E-state index in [0.717, 1.165) is 31.7 Å². The SMILES string of the molecule is O=C(Cc1ccccc1)N1CC2CNCC2C1. The van der Waals surface area contributed by atoms with Crippen LogP contribution >= 0.6 is 0 Å². The Morgan fingerprint density at radius 1 is 1.18 bits per heavy atom. The van der Waals surface area contributed by atoms with Crippen LogP contribution in [-0.2, 0) is 11.2 Å².